The molecule has 0 N–H and O–H groups in total. The summed E-state index contributed by atoms with van der Waals surface area (Å²) in [5.74, 6) is -0.400. The van der Waals surface area contributed by atoms with Crippen LogP contribution in [0.4, 0.5) is 0 Å². The fourth-order valence-corrected chi connectivity index (χ4v) is 2.31. The van der Waals surface area contributed by atoms with Gasteiger partial charge in [-0.3, -0.25) is 0 Å². The molecule has 1 rings (SSSR count). The minimum Gasteiger partial charge on any atom is -0.348 e. The minimum absolute atomic E-state index is 0.0863. The zero-order valence-electron chi connectivity index (χ0n) is 12.7. The van der Waals surface area contributed by atoms with Crippen LogP contribution < -0.4 is 0 Å². The molecule has 3 heteroatoms. The smallest absolute Gasteiger partial charge is 0.166 e. The zero-order valence-corrected chi connectivity index (χ0v) is 13.4. The van der Waals surface area contributed by atoms with E-state index in [1.54, 1.807) is 0 Å². The number of halogens is 1. The maximum Gasteiger partial charge on any atom is 0.166 e. The van der Waals surface area contributed by atoms with Gasteiger partial charge in [0, 0.05) is 6.42 Å². The Hall–Kier alpha value is -0.310. The lowest BCUT2D eigenvalue weighted by Crippen LogP contribution is -2.25. The van der Waals surface area contributed by atoms with E-state index in [1.807, 2.05) is 20.8 Å². The molecule has 19 heavy (non-hydrogen) atoms. The van der Waals surface area contributed by atoms with Gasteiger partial charge in [0.1, 0.15) is 0 Å². The lowest BCUT2D eigenvalue weighted by atomic mass is 10.0. The first-order chi connectivity index (χ1) is 8.82. The molecule has 1 heterocycles. The highest BCUT2D eigenvalue weighted by Gasteiger charge is 2.34. The van der Waals surface area contributed by atoms with E-state index in [2.05, 4.69) is 19.6 Å². The van der Waals surface area contributed by atoms with Crippen LogP contribution in [-0.4, -0.2) is 23.9 Å². The maximum absolute atomic E-state index is 6.17. The highest BCUT2D eigenvalue weighted by Crippen LogP contribution is 2.28. The topological polar surface area (TPSA) is 18.5 Å². The molecular formula is C16H27ClO2. The van der Waals surface area contributed by atoms with Gasteiger partial charge in [-0.25, -0.2) is 0 Å². The van der Waals surface area contributed by atoms with E-state index in [1.165, 1.54) is 5.57 Å². The zero-order chi connectivity index (χ0) is 14.5. The van der Waals surface area contributed by atoms with Crippen LogP contribution in [0.2, 0.25) is 0 Å². The molecule has 0 spiro atoms. The van der Waals surface area contributed by atoms with Crippen molar-refractivity contribution < 1.29 is 9.47 Å². The number of alkyl halides is 1. The standard InChI is InChI=1S/C16H27ClO2/c1-12(2)15(17)9-8-13(3)7-6-10-16(5)18-11-14(4)19-16/h7,14-15H,1,6,8-11H2,2-5H3. The summed E-state index contributed by atoms with van der Waals surface area (Å²) >= 11 is 6.17. The van der Waals surface area contributed by atoms with Crippen molar-refractivity contribution in [1.82, 2.24) is 0 Å². The Labute approximate surface area is 122 Å². The van der Waals surface area contributed by atoms with Crippen LogP contribution in [0.25, 0.3) is 0 Å². The van der Waals surface area contributed by atoms with Gasteiger partial charge in [0.05, 0.1) is 18.1 Å². The summed E-state index contributed by atoms with van der Waals surface area (Å²) in [5, 5.41) is 0.0863. The van der Waals surface area contributed by atoms with Gasteiger partial charge in [-0.1, -0.05) is 23.8 Å². The lowest BCUT2D eigenvalue weighted by Gasteiger charge is -2.22. The Balaban J connectivity index is 2.26. The first-order valence-corrected chi connectivity index (χ1v) is 7.53. The van der Waals surface area contributed by atoms with Gasteiger partial charge in [0.15, 0.2) is 5.79 Å². The third-order valence-electron chi connectivity index (χ3n) is 3.49. The third kappa shape index (κ3) is 6.11. The van der Waals surface area contributed by atoms with Crippen LogP contribution in [0.15, 0.2) is 23.8 Å². The van der Waals surface area contributed by atoms with Crippen LogP contribution in [-0.2, 0) is 9.47 Å². The lowest BCUT2D eigenvalue weighted by molar-refractivity contribution is -0.155. The first-order valence-electron chi connectivity index (χ1n) is 7.09. The van der Waals surface area contributed by atoms with Gasteiger partial charge in [-0.2, -0.15) is 0 Å². The van der Waals surface area contributed by atoms with Crippen molar-refractivity contribution in [1.29, 1.82) is 0 Å². The maximum atomic E-state index is 6.17. The Morgan fingerprint density at radius 3 is 2.74 bits per heavy atom. The highest BCUT2D eigenvalue weighted by atomic mass is 35.5. The molecule has 0 radical (unpaired) electrons. The van der Waals surface area contributed by atoms with Crippen molar-refractivity contribution in [2.45, 2.75) is 70.6 Å². The van der Waals surface area contributed by atoms with Crippen molar-refractivity contribution in [2.75, 3.05) is 6.61 Å². The van der Waals surface area contributed by atoms with Crippen LogP contribution in [0.3, 0.4) is 0 Å². The molecule has 0 amide bonds. The Bertz CT molecular complexity index is 338. The fourth-order valence-electron chi connectivity index (χ4n) is 2.20. The second kappa shape index (κ2) is 7.47. The second-order valence-electron chi connectivity index (χ2n) is 5.81. The van der Waals surface area contributed by atoms with Gasteiger partial charge < -0.3 is 9.47 Å². The quantitative estimate of drug-likeness (QED) is 0.493. The molecule has 0 saturated carbocycles. The molecule has 3 atom stereocenters. The van der Waals surface area contributed by atoms with Gasteiger partial charge in [-0.15, -0.1) is 11.6 Å². The van der Waals surface area contributed by atoms with Crippen molar-refractivity contribution in [3.63, 3.8) is 0 Å². The van der Waals surface area contributed by atoms with Crippen LogP contribution in [0.5, 0.6) is 0 Å². The molecule has 1 aliphatic heterocycles. The van der Waals surface area contributed by atoms with Crippen LogP contribution >= 0.6 is 11.6 Å². The molecular weight excluding hydrogens is 260 g/mol. The number of allylic oxidation sites excluding steroid dienone is 3. The van der Waals surface area contributed by atoms with E-state index in [0.717, 1.165) is 31.3 Å². The molecule has 1 fully saturated rings. The average Bonchev–Trinajstić information content (AvgIpc) is 2.66. The second-order valence-corrected chi connectivity index (χ2v) is 6.34. The third-order valence-corrected chi connectivity index (χ3v) is 4.08. The average molecular weight is 287 g/mol. The van der Waals surface area contributed by atoms with E-state index in [4.69, 9.17) is 21.1 Å². The van der Waals surface area contributed by atoms with Crippen molar-refractivity contribution >= 4 is 11.6 Å². The summed E-state index contributed by atoms with van der Waals surface area (Å²) in [6, 6.07) is 0. The van der Waals surface area contributed by atoms with Gasteiger partial charge >= 0.3 is 0 Å². The SMILES string of the molecule is C=C(C)C(Cl)CCC(C)=CCCC1(C)OCC(C)O1. The summed E-state index contributed by atoms with van der Waals surface area (Å²) in [5.41, 5.74) is 2.42. The fraction of sp³-hybridized carbons (Fsp3) is 0.750. The van der Waals surface area contributed by atoms with E-state index in [0.29, 0.717) is 6.61 Å². The summed E-state index contributed by atoms with van der Waals surface area (Å²) < 4.78 is 11.5. The molecule has 2 nitrogen and oxygen atoms in total. The Morgan fingerprint density at radius 2 is 2.21 bits per heavy atom. The molecule has 1 saturated heterocycles. The monoisotopic (exact) mass is 286 g/mol. The molecule has 0 aliphatic carbocycles. The predicted octanol–water partition coefficient (Wildman–Crippen LogP) is 4.83. The summed E-state index contributed by atoms with van der Waals surface area (Å²) in [6.07, 6.45) is 6.34. The van der Waals surface area contributed by atoms with Gasteiger partial charge in [0.2, 0.25) is 0 Å². The number of hydrogen-bond donors (Lipinski definition) is 0. The van der Waals surface area contributed by atoms with Crippen molar-refractivity contribution in [2.24, 2.45) is 0 Å². The van der Waals surface area contributed by atoms with Crippen LogP contribution in [0, 0.1) is 0 Å². The van der Waals surface area contributed by atoms with Crippen LogP contribution in [0.1, 0.15) is 53.4 Å². The van der Waals surface area contributed by atoms with E-state index >= 15 is 0 Å². The van der Waals surface area contributed by atoms with E-state index in [-0.39, 0.29) is 11.5 Å². The van der Waals surface area contributed by atoms with Crippen molar-refractivity contribution in [3.8, 4) is 0 Å². The molecule has 1 aliphatic rings. The first kappa shape index (κ1) is 16.7. The van der Waals surface area contributed by atoms with Gasteiger partial charge in [-0.05, 0) is 47.0 Å². The minimum atomic E-state index is -0.400. The molecule has 0 aromatic carbocycles. The molecule has 0 aromatic rings. The summed E-state index contributed by atoms with van der Waals surface area (Å²) in [7, 11) is 0. The summed E-state index contributed by atoms with van der Waals surface area (Å²) in [4.78, 5) is 0. The normalized spacial score (nSPS) is 29.5. The van der Waals surface area contributed by atoms with E-state index in [9.17, 15) is 0 Å². The Kier molecular flexibility index (Phi) is 6.58. The molecule has 0 bridgehead atoms. The Morgan fingerprint density at radius 1 is 1.53 bits per heavy atom. The predicted molar refractivity (Wildman–Crippen MR) is 81.6 cm³/mol. The number of rotatable bonds is 7. The van der Waals surface area contributed by atoms with E-state index < -0.39 is 5.79 Å². The molecule has 0 aromatic heterocycles. The highest BCUT2D eigenvalue weighted by molar-refractivity contribution is 6.22. The van der Waals surface area contributed by atoms with Crippen molar-refractivity contribution in [3.05, 3.63) is 23.8 Å². The molecule has 110 valence electrons. The summed E-state index contributed by atoms with van der Waals surface area (Å²) in [6.45, 7) is 12.8. The number of ether oxygens (including phenoxy) is 2. The molecule has 3 unspecified atom stereocenters. The van der Waals surface area contributed by atoms with Gasteiger partial charge in [0.25, 0.3) is 0 Å². The number of hydrogen-bond acceptors (Lipinski definition) is 2. The largest absolute Gasteiger partial charge is 0.348 e.